The van der Waals surface area contributed by atoms with Crippen molar-refractivity contribution in [3.05, 3.63) is 29.6 Å². The maximum atomic E-state index is 13.5. The van der Waals surface area contributed by atoms with Crippen molar-refractivity contribution >= 4 is 11.9 Å². The highest BCUT2D eigenvalue weighted by atomic mass is 19.1. The Balaban J connectivity index is 2.21. The molecule has 0 aliphatic carbocycles. The first-order chi connectivity index (χ1) is 9.38. The number of likely N-dealkylation sites (tertiary alicyclic amines) is 1. The van der Waals surface area contributed by atoms with Gasteiger partial charge in [0.25, 0.3) is 5.91 Å². The van der Waals surface area contributed by atoms with Crippen LogP contribution in [0.2, 0.25) is 0 Å². The van der Waals surface area contributed by atoms with Gasteiger partial charge in [-0.25, -0.2) is 13.8 Å². The van der Waals surface area contributed by atoms with E-state index in [0.29, 0.717) is 19.0 Å². The summed E-state index contributed by atoms with van der Waals surface area (Å²) in [7, 11) is 0. The van der Waals surface area contributed by atoms with Crippen molar-refractivity contribution in [2.24, 2.45) is 11.8 Å². The van der Waals surface area contributed by atoms with Gasteiger partial charge >= 0.3 is 5.97 Å². The standard InChI is InChI=1S/C13H14F2N2O3/c1-7-2-8(13(19)20)6-17(5-7)12(18)11-10(15)3-9(14)4-16-11/h3-4,7-8H,2,5-6H2,1H3,(H,19,20). The molecule has 0 radical (unpaired) electrons. The third-order valence-electron chi connectivity index (χ3n) is 3.31. The molecule has 2 rings (SSSR count). The maximum absolute atomic E-state index is 13.5. The molecule has 0 spiro atoms. The van der Waals surface area contributed by atoms with Crippen LogP contribution in [0.25, 0.3) is 0 Å². The van der Waals surface area contributed by atoms with Crippen molar-refractivity contribution in [2.45, 2.75) is 13.3 Å². The summed E-state index contributed by atoms with van der Waals surface area (Å²) in [5.74, 6) is -4.28. The normalized spacial score (nSPS) is 22.6. The summed E-state index contributed by atoms with van der Waals surface area (Å²) < 4.78 is 26.3. The fourth-order valence-electron chi connectivity index (χ4n) is 2.42. The number of carboxylic acid groups (broad SMARTS) is 1. The van der Waals surface area contributed by atoms with Gasteiger partial charge in [0, 0.05) is 19.2 Å². The molecule has 0 bridgehead atoms. The number of aromatic nitrogens is 1. The van der Waals surface area contributed by atoms with E-state index in [1.54, 1.807) is 0 Å². The molecule has 1 aliphatic rings. The van der Waals surface area contributed by atoms with Crippen LogP contribution in [-0.2, 0) is 4.79 Å². The molecule has 1 aromatic rings. The third-order valence-corrected chi connectivity index (χ3v) is 3.31. The van der Waals surface area contributed by atoms with Crippen molar-refractivity contribution < 1.29 is 23.5 Å². The number of carbonyl (C=O) groups is 2. The van der Waals surface area contributed by atoms with Crippen LogP contribution >= 0.6 is 0 Å². The van der Waals surface area contributed by atoms with Crippen LogP contribution < -0.4 is 0 Å². The van der Waals surface area contributed by atoms with E-state index in [2.05, 4.69) is 4.98 Å². The molecule has 20 heavy (non-hydrogen) atoms. The van der Waals surface area contributed by atoms with E-state index in [1.807, 2.05) is 6.92 Å². The zero-order valence-electron chi connectivity index (χ0n) is 10.8. The minimum Gasteiger partial charge on any atom is -0.481 e. The Labute approximate surface area is 114 Å². The largest absolute Gasteiger partial charge is 0.481 e. The number of amides is 1. The van der Waals surface area contributed by atoms with Gasteiger partial charge in [0.2, 0.25) is 0 Å². The molecule has 1 N–H and O–H groups in total. The number of hydrogen-bond acceptors (Lipinski definition) is 3. The molecule has 1 fully saturated rings. The van der Waals surface area contributed by atoms with Gasteiger partial charge < -0.3 is 10.0 Å². The molecule has 1 aromatic heterocycles. The van der Waals surface area contributed by atoms with Gasteiger partial charge in [0.05, 0.1) is 12.1 Å². The van der Waals surface area contributed by atoms with E-state index < -0.39 is 35.1 Å². The van der Waals surface area contributed by atoms with E-state index in [0.717, 1.165) is 6.20 Å². The van der Waals surface area contributed by atoms with Crippen molar-refractivity contribution in [3.8, 4) is 0 Å². The lowest BCUT2D eigenvalue weighted by Gasteiger charge is -2.34. The number of halogens is 2. The Morgan fingerprint density at radius 3 is 2.70 bits per heavy atom. The highest BCUT2D eigenvalue weighted by Crippen LogP contribution is 2.23. The van der Waals surface area contributed by atoms with Crippen LogP contribution in [0.3, 0.4) is 0 Å². The van der Waals surface area contributed by atoms with Gasteiger partial charge in [0.1, 0.15) is 5.82 Å². The van der Waals surface area contributed by atoms with Gasteiger partial charge in [-0.15, -0.1) is 0 Å². The van der Waals surface area contributed by atoms with Gasteiger partial charge in [-0.2, -0.15) is 0 Å². The molecule has 0 saturated carbocycles. The number of nitrogens with zero attached hydrogens (tertiary/aromatic N) is 2. The van der Waals surface area contributed by atoms with Crippen LogP contribution in [0, 0.1) is 23.5 Å². The lowest BCUT2D eigenvalue weighted by atomic mass is 9.90. The molecule has 5 nitrogen and oxygen atoms in total. The average Bonchev–Trinajstić information content (AvgIpc) is 2.37. The molecule has 7 heteroatoms. The second-order valence-corrected chi connectivity index (χ2v) is 5.07. The van der Waals surface area contributed by atoms with Crippen LogP contribution in [0.15, 0.2) is 12.3 Å². The lowest BCUT2D eigenvalue weighted by Crippen LogP contribution is -2.46. The van der Waals surface area contributed by atoms with E-state index in [9.17, 15) is 18.4 Å². The highest BCUT2D eigenvalue weighted by Gasteiger charge is 2.33. The monoisotopic (exact) mass is 284 g/mol. The Morgan fingerprint density at radius 1 is 1.40 bits per heavy atom. The Morgan fingerprint density at radius 2 is 2.10 bits per heavy atom. The van der Waals surface area contributed by atoms with Crippen molar-refractivity contribution in [3.63, 3.8) is 0 Å². The molecular weight excluding hydrogens is 270 g/mol. The predicted octanol–water partition coefficient (Wildman–Crippen LogP) is 1.54. The number of carbonyl (C=O) groups excluding carboxylic acids is 1. The zero-order chi connectivity index (χ0) is 14.9. The number of carboxylic acids is 1. The molecule has 1 aliphatic heterocycles. The summed E-state index contributed by atoms with van der Waals surface area (Å²) in [6, 6.07) is 0.586. The Kier molecular flexibility index (Phi) is 3.96. The van der Waals surface area contributed by atoms with Gasteiger partial charge in [0.15, 0.2) is 11.5 Å². The lowest BCUT2D eigenvalue weighted by molar-refractivity contribution is -0.143. The van der Waals surface area contributed by atoms with E-state index in [4.69, 9.17) is 5.11 Å². The molecule has 1 amide bonds. The first-order valence-corrected chi connectivity index (χ1v) is 6.21. The summed E-state index contributed by atoms with van der Waals surface area (Å²) >= 11 is 0. The molecule has 2 atom stereocenters. The third kappa shape index (κ3) is 2.92. The summed E-state index contributed by atoms with van der Waals surface area (Å²) in [5.41, 5.74) is -0.482. The molecule has 2 heterocycles. The highest BCUT2D eigenvalue weighted by molar-refractivity contribution is 5.93. The van der Waals surface area contributed by atoms with Crippen LogP contribution in [0.1, 0.15) is 23.8 Å². The van der Waals surface area contributed by atoms with E-state index in [1.165, 1.54) is 4.90 Å². The quantitative estimate of drug-likeness (QED) is 0.894. The maximum Gasteiger partial charge on any atom is 0.308 e. The number of hydrogen-bond donors (Lipinski definition) is 1. The summed E-state index contributed by atoms with van der Waals surface area (Å²) in [6.07, 6.45) is 1.23. The number of rotatable bonds is 2. The molecule has 0 aromatic carbocycles. The Hall–Kier alpha value is -2.05. The minimum atomic E-state index is -1.04. The summed E-state index contributed by atoms with van der Waals surface area (Å²) in [4.78, 5) is 27.9. The minimum absolute atomic E-state index is 0.00249. The van der Waals surface area contributed by atoms with E-state index >= 15 is 0 Å². The van der Waals surface area contributed by atoms with Crippen molar-refractivity contribution in [1.29, 1.82) is 0 Å². The molecule has 108 valence electrons. The number of piperidine rings is 1. The van der Waals surface area contributed by atoms with Crippen LogP contribution in [0.4, 0.5) is 8.78 Å². The van der Waals surface area contributed by atoms with Crippen LogP contribution in [-0.4, -0.2) is 40.0 Å². The second-order valence-electron chi connectivity index (χ2n) is 5.07. The average molecular weight is 284 g/mol. The van der Waals surface area contributed by atoms with Gasteiger partial charge in [-0.05, 0) is 12.3 Å². The fourth-order valence-corrected chi connectivity index (χ4v) is 2.42. The second kappa shape index (κ2) is 5.52. The first-order valence-electron chi connectivity index (χ1n) is 6.21. The first kappa shape index (κ1) is 14.4. The molecule has 1 saturated heterocycles. The fraction of sp³-hybridized carbons (Fsp3) is 0.462. The van der Waals surface area contributed by atoms with Gasteiger partial charge in [-0.1, -0.05) is 6.92 Å². The number of pyridine rings is 1. The van der Waals surface area contributed by atoms with Crippen molar-refractivity contribution in [2.75, 3.05) is 13.1 Å². The van der Waals surface area contributed by atoms with Crippen molar-refractivity contribution in [1.82, 2.24) is 9.88 Å². The summed E-state index contributed by atoms with van der Waals surface area (Å²) in [6.45, 7) is 2.17. The smallest absolute Gasteiger partial charge is 0.308 e. The molecule has 2 unspecified atom stereocenters. The van der Waals surface area contributed by atoms with E-state index in [-0.39, 0.29) is 12.5 Å². The summed E-state index contributed by atoms with van der Waals surface area (Å²) in [5, 5.41) is 9.04. The van der Waals surface area contributed by atoms with Crippen LogP contribution in [0.5, 0.6) is 0 Å². The number of aliphatic carboxylic acids is 1. The Bertz CT molecular complexity index is 550. The molecular formula is C13H14F2N2O3. The topological polar surface area (TPSA) is 70.5 Å². The SMILES string of the molecule is CC1CC(C(=O)O)CN(C(=O)c2ncc(F)cc2F)C1. The zero-order valence-corrected chi connectivity index (χ0v) is 10.8. The van der Waals surface area contributed by atoms with Gasteiger partial charge in [-0.3, -0.25) is 9.59 Å². The predicted molar refractivity (Wildman–Crippen MR) is 65.0 cm³/mol.